The standard InChI is InChI=1S/C16H17NOS2/c18-16(11-3-1-4-11)17-8-6-13-12(7-10-20-13)15(17)14-5-2-9-19-14/h2,5,7,9-11,15H,1,3-4,6,8H2/t15-/m1/s1. The van der Waals surface area contributed by atoms with E-state index in [9.17, 15) is 4.79 Å². The van der Waals surface area contributed by atoms with Crippen LogP contribution >= 0.6 is 22.7 Å². The number of amides is 1. The van der Waals surface area contributed by atoms with E-state index in [-0.39, 0.29) is 12.0 Å². The first kappa shape index (κ1) is 12.6. The maximum absolute atomic E-state index is 12.8. The molecular formula is C16H17NOS2. The molecule has 0 unspecified atom stereocenters. The highest BCUT2D eigenvalue weighted by Crippen LogP contribution is 2.41. The first-order valence-electron chi connectivity index (χ1n) is 7.25. The second-order valence-electron chi connectivity index (χ2n) is 5.63. The molecule has 104 valence electrons. The lowest BCUT2D eigenvalue weighted by Gasteiger charge is -2.39. The number of thiophene rings is 2. The monoisotopic (exact) mass is 303 g/mol. The zero-order valence-corrected chi connectivity index (χ0v) is 12.9. The predicted molar refractivity (Wildman–Crippen MR) is 83.2 cm³/mol. The van der Waals surface area contributed by atoms with Crippen LogP contribution in [0, 0.1) is 5.92 Å². The second-order valence-corrected chi connectivity index (χ2v) is 7.61. The van der Waals surface area contributed by atoms with Crippen LogP contribution in [0.1, 0.15) is 40.6 Å². The van der Waals surface area contributed by atoms with Crippen LogP contribution in [0.15, 0.2) is 29.0 Å². The number of rotatable bonds is 2. The van der Waals surface area contributed by atoms with Gasteiger partial charge in [-0.3, -0.25) is 4.79 Å². The van der Waals surface area contributed by atoms with Crippen molar-refractivity contribution >= 4 is 28.6 Å². The van der Waals surface area contributed by atoms with Crippen LogP contribution < -0.4 is 0 Å². The quantitative estimate of drug-likeness (QED) is 0.818. The highest BCUT2D eigenvalue weighted by Gasteiger charge is 2.37. The summed E-state index contributed by atoms with van der Waals surface area (Å²) < 4.78 is 0. The lowest BCUT2D eigenvalue weighted by atomic mass is 9.83. The summed E-state index contributed by atoms with van der Waals surface area (Å²) in [5.41, 5.74) is 1.36. The molecule has 3 heterocycles. The Morgan fingerprint density at radius 1 is 1.20 bits per heavy atom. The minimum atomic E-state index is 0.165. The second kappa shape index (κ2) is 5.01. The SMILES string of the molecule is O=C(C1CCC1)N1CCc2sccc2[C@@H]1c1cccs1. The fourth-order valence-corrected chi connectivity index (χ4v) is 4.96. The van der Waals surface area contributed by atoms with Crippen molar-refractivity contribution in [1.82, 2.24) is 4.90 Å². The maximum atomic E-state index is 12.8. The molecule has 2 aromatic rings. The van der Waals surface area contributed by atoms with Gasteiger partial charge < -0.3 is 4.90 Å². The third-order valence-electron chi connectivity index (χ3n) is 4.52. The van der Waals surface area contributed by atoms with Gasteiger partial charge in [0.05, 0.1) is 6.04 Å². The molecule has 2 nitrogen and oxygen atoms in total. The molecular weight excluding hydrogens is 286 g/mol. The van der Waals surface area contributed by atoms with E-state index in [0.717, 1.165) is 25.8 Å². The molecule has 0 spiro atoms. The number of carbonyl (C=O) groups excluding carboxylic acids is 1. The van der Waals surface area contributed by atoms with Gasteiger partial charge in [-0.1, -0.05) is 12.5 Å². The van der Waals surface area contributed by atoms with Gasteiger partial charge in [-0.25, -0.2) is 0 Å². The number of hydrogen-bond donors (Lipinski definition) is 0. The molecule has 1 amide bonds. The highest BCUT2D eigenvalue weighted by atomic mass is 32.1. The third-order valence-corrected chi connectivity index (χ3v) is 6.44. The average molecular weight is 303 g/mol. The number of carbonyl (C=O) groups is 1. The van der Waals surface area contributed by atoms with Crippen molar-refractivity contribution in [3.05, 3.63) is 44.3 Å². The van der Waals surface area contributed by atoms with Gasteiger partial charge >= 0.3 is 0 Å². The number of hydrogen-bond acceptors (Lipinski definition) is 3. The maximum Gasteiger partial charge on any atom is 0.226 e. The van der Waals surface area contributed by atoms with Gasteiger partial charge in [0.25, 0.3) is 0 Å². The Balaban J connectivity index is 1.73. The molecule has 1 aliphatic heterocycles. The van der Waals surface area contributed by atoms with Crippen molar-refractivity contribution < 1.29 is 4.79 Å². The third kappa shape index (κ3) is 1.93. The van der Waals surface area contributed by atoms with Gasteiger partial charge in [-0.2, -0.15) is 0 Å². The Labute approximate surface area is 127 Å². The number of nitrogens with zero attached hydrogens (tertiary/aromatic N) is 1. The van der Waals surface area contributed by atoms with Crippen molar-refractivity contribution in [3.8, 4) is 0 Å². The molecule has 0 saturated heterocycles. The van der Waals surface area contributed by atoms with Crippen molar-refractivity contribution in [2.75, 3.05) is 6.54 Å². The Bertz CT molecular complexity index is 612. The summed E-state index contributed by atoms with van der Waals surface area (Å²) in [5.74, 6) is 0.671. The Morgan fingerprint density at radius 2 is 2.10 bits per heavy atom. The molecule has 20 heavy (non-hydrogen) atoms. The Kier molecular flexibility index (Phi) is 3.15. The summed E-state index contributed by atoms with van der Waals surface area (Å²) >= 11 is 3.60. The normalized spacial score (nSPS) is 22.4. The van der Waals surface area contributed by atoms with Crippen LogP contribution in [-0.2, 0) is 11.2 Å². The van der Waals surface area contributed by atoms with E-state index in [2.05, 4.69) is 33.9 Å². The van der Waals surface area contributed by atoms with E-state index in [1.165, 1.54) is 21.7 Å². The molecule has 1 atom stereocenters. The van der Waals surface area contributed by atoms with E-state index in [1.54, 1.807) is 11.3 Å². The predicted octanol–water partition coefficient (Wildman–Crippen LogP) is 4.08. The zero-order chi connectivity index (χ0) is 13.5. The van der Waals surface area contributed by atoms with Crippen molar-refractivity contribution in [3.63, 3.8) is 0 Å². The summed E-state index contributed by atoms with van der Waals surface area (Å²) in [5, 5.41) is 4.28. The van der Waals surface area contributed by atoms with Crippen LogP contribution in [0.5, 0.6) is 0 Å². The van der Waals surface area contributed by atoms with E-state index >= 15 is 0 Å². The lowest BCUT2D eigenvalue weighted by molar-refractivity contribution is -0.140. The lowest BCUT2D eigenvalue weighted by Crippen LogP contribution is -2.44. The van der Waals surface area contributed by atoms with Gasteiger partial charge in [0.15, 0.2) is 0 Å². The fraction of sp³-hybridized carbons (Fsp3) is 0.438. The molecule has 4 heteroatoms. The Morgan fingerprint density at radius 3 is 2.80 bits per heavy atom. The average Bonchev–Trinajstić information content (AvgIpc) is 3.06. The molecule has 2 aromatic heterocycles. The first-order valence-corrected chi connectivity index (χ1v) is 9.00. The van der Waals surface area contributed by atoms with Crippen molar-refractivity contribution in [2.45, 2.75) is 31.7 Å². The molecule has 1 aliphatic carbocycles. The fourth-order valence-electron chi connectivity index (χ4n) is 3.20. The van der Waals surface area contributed by atoms with E-state index in [4.69, 9.17) is 0 Å². The molecule has 0 N–H and O–H groups in total. The summed E-state index contributed by atoms with van der Waals surface area (Å²) in [6, 6.07) is 6.64. The molecule has 0 bridgehead atoms. The molecule has 0 aromatic carbocycles. The molecule has 1 fully saturated rings. The van der Waals surface area contributed by atoms with Gasteiger partial charge in [0.2, 0.25) is 5.91 Å². The minimum absolute atomic E-state index is 0.165. The molecule has 4 rings (SSSR count). The van der Waals surface area contributed by atoms with Gasteiger partial charge in [0.1, 0.15) is 0 Å². The smallest absolute Gasteiger partial charge is 0.226 e. The molecule has 1 saturated carbocycles. The van der Waals surface area contributed by atoms with Crippen LogP contribution in [0.2, 0.25) is 0 Å². The van der Waals surface area contributed by atoms with Crippen LogP contribution in [0.3, 0.4) is 0 Å². The van der Waals surface area contributed by atoms with E-state index in [1.807, 2.05) is 11.3 Å². The van der Waals surface area contributed by atoms with Crippen LogP contribution in [0.4, 0.5) is 0 Å². The summed E-state index contributed by atoms with van der Waals surface area (Å²) in [6.45, 7) is 0.880. The summed E-state index contributed by atoms with van der Waals surface area (Å²) in [6.07, 6.45) is 4.41. The van der Waals surface area contributed by atoms with Crippen LogP contribution in [-0.4, -0.2) is 17.4 Å². The van der Waals surface area contributed by atoms with E-state index in [0.29, 0.717) is 5.91 Å². The first-order chi connectivity index (χ1) is 9.84. The zero-order valence-electron chi connectivity index (χ0n) is 11.2. The summed E-state index contributed by atoms with van der Waals surface area (Å²) in [4.78, 5) is 17.7. The van der Waals surface area contributed by atoms with Gasteiger partial charge in [-0.05, 0) is 47.7 Å². The van der Waals surface area contributed by atoms with Crippen LogP contribution in [0.25, 0.3) is 0 Å². The highest BCUT2D eigenvalue weighted by molar-refractivity contribution is 7.10. The largest absolute Gasteiger partial charge is 0.330 e. The number of fused-ring (bicyclic) bond motifs is 1. The van der Waals surface area contributed by atoms with Gasteiger partial charge in [0, 0.05) is 22.2 Å². The molecule has 0 radical (unpaired) electrons. The van der Waals surface area contributed by atoms with Crippen molar-refractivity contribution in [1.29, 1.82) is 0 Å². The minimum Gasteiger partial charge on any atom is -0.330 e. The summed E-state index contributed by atoms with van der Waals surface area (Å²) in [7, 11) is 0. The topological polar surface area (TPSA) is 20.3 Å². The molecule has 2 aliphatic rings. The van der Waals surface area contributed by atoms with Gasteiger partial charge in [-0.15, -0.1) is 22.7 Å². The van der Waals surface area contributed by atoms with E-state index < -0.39 is 0 Å². The Hall–Kier alpha value is -1.13. The van der Waals surface area contributed by atoms with Crippen molar-refractivity contribution in [2.24, 2.45) is 5.92 Å².